The van der Waals surface area contributed by atoms with E-state index in [9.17, 15) is 9.59 Å². The Morgan fingerprint density at radius 1 is 1.33 bits per heavy atom. The van der Waals surface area contributed by atoms with Crippen LogP contribution in [0.1, 0.15) is 26.7 Å². The maximum Gasteiger partial charge on any atom is 0.253 e. The summed E-state index contributed by atoms with van der Waals surface area (Å²) in [7, 11) is 0. The van der Waals surface area contributed by atoms with Crippen LogP contribution in [0.25, 0.3) is 0 Å². The van der Waals surface area contributed by atoms with Gasteiger partial charge in [-0.1, -0.05) is 13.8 Å². The van der Waals surface area contributed by atoms with Crippen LogP contribution in [0.2, 0.25) is 0 Å². The van der Waals surface area contributed by atoms with E-state index in [1.165, 1.54) is 0 Å². The molecule has 27 heavy (non-hydrogen) atoms. The summed E-state index contributed by atoms with van der Waals surface area (Å²) < 4.78 is 5.16. The van der Waals surface area contributed by atoms with E-state index < -0.39 is 0 Å². The standard InChI is InChI=1S/C20H30N4O3/c1-14(2)12-24(17-7-8-17)18(11-21)20(26)22-15-3-5-16(6-4-15)23-9-10-27-13-19(23)25/h3-6,14,17-18H,7-13,21H2,1-2H3,(H,22,26)/t18-/m0/s1. The van der Waals surface area contributed by atoms with E-state index in [1.807, 2.05) is 24.3 Å². The molecule has 1 saturated heterocycles. The van der Waals surface area contributed by atoms with E-state index in [4.69, 9.17) is 10.5 Å². The van der Waals surface area contributed by atoms with Gasteiger partial charge >= 0.3 is 0 Å². The highest BCUT2D eigenvalue weighted by Gasteiger charge is 2.36. The number of morpholine rings is 1. The van der Waals surface area contributed by atoms with Gasteiger partial charge in [-0.15, -0.1) is 0 Å². The van der Waals surface area contributed by atoms with Crippen molar-refractivity contribution in [3.8, 4) is 0 Å². The molecule has 2 aliphatic rings. The molecular weight excluding hydrogens is 344 g/mol. The lowest BCUT2D eigenvalue weighted by Gasteiger charge is -2.31. The van der Waals surface area contributed by atoms with E-state index in [-0.39, 0.29) is 24.5 Å². The Morgan fingerprint density at radius 3 is 2.59 bits per heavy atom. The third kappa shape index (κ3) is 5.06. The number of carbonyl (C=O) groups excluding carboxylic acids is 2. The molecule has 7 nitrogen and oxygen atoms in total. The number of amides is 2. The van der Waals surface area contributed by atoms with Gasteiger partial charge in [-0.3, -0.25) is 14.5 Å². The van der Waals surface area contributed by atoms with Gasteiger partial charge in [0.25, 0.3) is 5.91 Å². The van der Waals surface area contributed by atoms with Crippen LogP contribution in [0.4, 0.5) is 11.4 Å². The summed E-state index contributed by atoms with van der Waals surface area (Å²) >= 11 is 0. The van der Waals surface area contributed by atoms with Gasteiger partial charge in [0, 0.05) is 37.1 Å². The molecule has 2 fully saturated rings. The van der Waals surface area contributed by atoms with Crippen LogP contribution >= 0.6 is 0 Å². The second-order valence-corrected chi connectivity index (χ2v) is 7.71. The monoisotopic (exact) mass is 374 g/mol. The molecule has 7 heteroatoms. The molecule has 0 spiro atoms. The van der Waals surface area contributed by atoms with Crippen molar-refractivity contribution in [3.63, 3.8) is 0 Å². The Hall–Kier alpha value is -1.96. The number of ether oxygens (including phenoxy) is 1. The van der Waals surface area contributed by atoms with Crippen molar-refractivity contribution in [1.82, 2.24) is 4.90 Å². The van der Waals surface area contributed by atoms with E-state index in [2.05, 4.69) is 24.1 Å². The molecule has 0 radical (unpaired) electrons. The third-order valence-electron chi connectivity index (χ3n) is 4.95. The fourth-order valence-corrected chi connectivity index (χ4v) is 3.49. The summed E-state index contributed by atoms with van der Waals surface area (Å²) in [5.74, 6) is 0.369. The third-order valence-corrected chi connectivity index (χ3v) is 4.95. The van der Waals surface area contributed by atoms with Gasteiger partial charge in [-0.05, 0) is 43.0 Å². The molecule has 1 atom stereocenters. The highest BCUT2D eigenvalue weighted by atomic mass is 16.5. The fourth-order valence-electron chi connectivity index (χ4n) is 3.49. The van der Waals surface area contributed by atoms with Crippen LogP contribution in [0.15, 0.2) is 24.3 Å². The molecule has 0 bridgehead atoms. The predicted octanol–water partition coefficient (Wildman–Crippen LogP) is 1.44. The summed E-state index contributed by atoms with van der Waals surface area (Å²) in [5, 5.41) is 2.98. The lowest BCUT2D eigenvalue weighted by Crippen LogP contribution is -2.50. The van der Waals surface area contributed by atoms with Crippen LogP contribution in [0, 0.1) is 5.92 Å². The van der Waals surface area contributed by atoms with Crippen molar-refractivity contribution in [1.29, 1.82) is 0 Å². The molecule has 0 aromatic heterocycles. The SMILES string of the molecule is CC(C)CN(C1CC1)[C@@H](CN)C(=O)Nc1ccc(N2CCOCC2=O)cc1. The Balaban J connectivity index is 1.64. The second-order valence-electron chi connectivity index (χ2n) is 7.71. The van der Waals surface area contributed by atoms with Crippen LogP contribution < -0.4 is 16.0 Å². The molecule has 2 amide bonds. The van der Waals surface area contributed by atoms with Crippen LogP contribution in [0.3, 0.4) is 0 Å². The summed E-state index contributed by atoms with van der Waals surface area (Å²) in [5.41, 5.74) is 7.48. The zero-order valence-electron chi connectivity index (χ0n) is 16.2. The minimum Gasteiger partial charge on any atom is -0.370 e. The number of nitrogens with zero attached hydrogens (tertiary/aromatic N) is 2. The van der Waals surface area contributed by atoms with Crippen LogP contribution in [0.5, 0.6) is 0 Å². The molecule has 1 aromatic rings. The van der Waals surface area contributed by atoms with Gasteiger partial charge in [-0.2, -0.15) is 0 Å². The second kappa shape index (κ2) is 8.82. The number of carbonyl (C=O) groups is 2. The maximum atomic E-state index is 12.8. The number of rotatable bonds is 8. The molecule has 1 saturated carbocycles. The first-order valence-corrected chi connectivity index (χ1v) is 9.74. The largest absolute Gasteiger partial charge is 0.370 e. The summed E-state index contributed by atoms with van der Waals surface area (Å²) in [6.45, 7) is 6.69. The molecule has 148 valence electrons. The molecule has 1 aliphatic carbocycles. The smallest absolute Gasteiger partial charge is 0.253 e. The van der Waals surface area contributed by atoms with Gasteiger partial charge in [0.1, 0.15) is 12.6 Å². The number of nitrogens with one attached hydrogen (secondary N) is 1. The van der Waals surface area contributed by atoms with Gasteiger partial charge in [0.05, 0.1) is 6.61 Å². The van der Waals surface area contributed by atoms with Gasteiger partial charge in [-0.25, -0.2) is 0 Å². The summed E-state index contributed by atoms with van der Waals surface area (Å²) in [4.78, 5) is 28.7. The van der Waals surface area contributed by atoms with Crippen LogP contribution in [-0.4, -0.2) is 61.6 Å². The summed E-state index contributed by atoms with van der Waals surface area (Å²) in [6.07, 6.45) is 2.28. The normalized spacial score (nSPS) is 18.9. The van der Waals surface area contributed by atoms with E-state index in [0.717, 1.165) is 25.1 Å². The highest BCUT2D eigenvalue weighted by Crippen LogP contribution is 2.29. The zero-order chi connectivity index (χ0) is 19.4. The molecular formula is C20H30N4O3. The molecule has 1 aromatic carbocycles. The first kappa shape index (κ1) is 19.8. The van der Waals surface area contributed by atoms with Crippen molar-refractivity contribution in [3.05, 3.63) is 24.3 Å². The topological polar surface area (TPSA) is 87.9 Å². The minimum absolute atomic E-state index is 0.0463. The van der Waals surface area contributed by atoms with Crippen molar-refractivity contribution in [2.45, 2.75) is 38.8 Å². The molecule has 1 heterocycles. The molecule has 1 aliphatic heterocycles. The fraction of sp³-hybridized carbons (Fsp3) is 0.600. The lowest BCUT2D eigenvalue weighted by molar-refractivity contribution is -0.125. The Labute approximate surface area is 160 Å². The predicted molar refractivity (Wildman–Crippen MR) is 106 cm³/mol. The van der Waals surface area contributed by atoms with Gasteiger partial charge in [0.15, 0.2) is 0 Å². The Morgan fingerprint density at radius 2 is 2.04 bits per heavy atom. The Bertz CT molecular complexity index is 658. The average Bonchev–Trinajstić information content (AvgIpc) is 3.47. The van der Waals surface area contributed by atoms with E-state index in [1.54, 1.807) is 4.90 Å². The van der Waals surface area contributed by atoms with E-state index in [0.29, 0.717) is 37.3 Å². The van der Waals surface area contributed by atoms with Gasteiger partial charge < -0.3 is 20.7 Å². The maximum absolute atomic E-state index is 12.8. The van der Waals surface area contributed by atoms with Crippen molar-refractivity contribution < 1.29 is 14.3 Å². The van der Waals surface area contributed by atoms with Crippen molar-refractivity contribution in [2.24, 2.45) is 11.7 Å². The molecule has 0 unspecified atom stereocenters. The highest BCUT2D eigenvalue weighted by molar-refractivity contribution is 5.97. The van der Waals surface area contributed by atoms with Crippen LogP contribution in [-0.2, 0) is 14.3 Å². The van der Waals surface area contributed by atoms with Crippen molar-refractivity contribution >= 4 is 23.2 Å². The summed E-state index contributed by atoms with van der Waals surface area (Å²) in [6, 6.07) is 7.51. The first-order chi connectivity index (χ1) is 13.0. The number of hydrogen-bond acceptors (Lipinski definition) is 5. The first-order valence-electron chi connectivity index (χ1n) is 9.74. The number of anilines is 2. The number of benzene rings is 1. The quantitative estimate of drug-likeness (QED) is 0.719. The average molecular weight is 374 g/mol. The zero-order valence-corrected chi connectivity index (χ0v) is 16.2. The lowest BCUT2D eigenvalue weighted by atomic mass is 10.1. The number of nitrogens with two attached hydrogens (primary N) is 1. The van der Waals surface area contributed by atoms with Gasteiger partial charge in [0.2, 0.25) is 5.91 Å². The number of hydrogen-bond donors (Lipinski definition) is 2. The molecule has 3 rings (SSSR count). The molecule has 3 N–H and O–H groups in total. The minimum atomic E-state index is -0.319. The van der Waals surface area contributed by atoms with E-state index >= 15 is 0 Å². The van der Waals surface area contributed by atoms with Crippen molar-refractivity contribution in [2.75, 3.05) is 43.1 Å². The Kier molecular flexibility index (Phi) is 6.46.